The minimum Gasteiger partial charge on any atom is -0.490 e. The summed E-state index contributed by atoms with van der Waals surface area (Å²) in [6.07, 6.45) is 2.15. The van der Waals surface area contributed by atoms with E-state index in [1.54, 1.807) is 18.3 Å². The van der Waals surface area contributed by atoms with E-state index >= 15 is 0 Å². The smallest absolute Gasteiger partial charge is 0.286 e. The first-order chi connectivity index (χ1) is 12.6. The van der Waals surface area contributed by atoms with Crippen LogP contribution in [0.15, 0.2) is 42.6 Å². The minimum absolute atomic E-state index is 0.110. The molecule has 2 unspecified atom stereocenters. The number of nitrogens with one attached hydrogen (secondary N) is 1. The molecule has 6 nitrogen and oxygen atoms in total. The van der Waals surface area contributed by atoms with Crippen LogP contribution in [-0.4, -0.2) is 33.1 Å². The number of aliphatic hydroxyl groups is 1. The minimum atomic E-state index is -0.796. The zero-order valence-corrected chi connectivity index (χ0v) is 15.2. The summed E-state index contributed by atoms with van der Waals surface area (Å²) in [5.74, 6) is 0.381. The van der Waals surface area contributed by atoms with E-state index in [1.807, 2.05) is 31.2 Å². The molecule has 7 heteroatoms. The molecule has 2 N–H and O–H groups in total. The number of carbonyl (C=O) groups excluding carboxylic acids is 2. The topological polar surface area (TPSA) is 88.5 Å². The number of benzene rings is 1. The molecule has 3 rings (SSSR count). The Bertz CT molecular complexity index is 794. The van der Waals surface area contributed by atoms with Gasteiger partial charge >= 0.3 is 0 Å². The number of carbonyl (C=O) groups is 2. The molecule has 1 fully saturated rings. The number of aryl methyl sites for hydroxylation is 1. The van der Waals surface area contributed by atoms with Crippen LogP contribution in [0.3, 0.4) is 0 Å². The number of rotatable bonds is 7. The van der Waals surface area contributed by atoms with E-state index in [-0.39, 0.29) is 23.0 Å². The second-order valence-electron chi connectivity index (χ2n) is 5.96. The Morgan fingerprint density at radius 1 is 1.27 bits per heavy atom. The molecule has 0 saturated carbocycles. The molecule has 0 spiro atoms. The van der Waals surface area contributed by atoms with Crippen LogP contribution in [0, 0.1) is 0 Å². The van der Waals surface area contributed by atoms with Gasteiger partial charge in [0.1, 0.15) is 18.5 Å². The Labute approximate surface area is 156 Å². The summed E-state index contributed by atoms with van der Waals surface area (Å²) >= 11 is 1.02. The quantitative estimate of drug-likeness (QED) is 0.777. The Morgan fingerprint density at radius 3 is 2.69 bits per heavy atom. The van der Waals surface area contributed by atoms with E-state index in [2.05, 4.69) is 10.3 Å². The van der Waals surface area contributed by atoms with Crippen LogP contribution in [0.25, 0.3) is 0 Å². The van der Waals surface area contributed by atoms with Gasteiger partial charge in [-0.2, -0.15) is 0 Å². The average Bonchev–Trinajstić information content (AvgIpc) is 2.97. The molecule has 2 aromatic rings. The molecule has 0 bridgehead atoms. The number of hydrogen-bond acceptors (Lipinski definition) is 6. The molecular weight excluding hydrogens is 352 g/mol. The fourth-order valence-corrected chi connectivity index (χ4v) is 3.63. The van der Waals surface area contributed by atoms with Crippen LogP contribution in [0.2, 0.25) is 0 Å². The maximum Gasteiger partial charge on any atom is 0.286 e. The third-order valence-electron chi connectivity index (χ3n) is 4.14. The van der Waals surface area contributed by atoms with Crippen LogP contribution >= 0.6 is 11.8 Å². The fraction of sp³-hybridized carbons (Fsp3) is 0.316. The normalized spacial score (nSPS) is 17.8. The van der Waals surface area contributed by atoms with Crippen molar-refractivity contribution in [2.75, 3.05) is 6.61 Å². The van der Waals surface area contributed by atoms with Gasteiger partial charge in [0.15, 0.2) is 0 Å². The highest BCUT2D eigenvalue weighted by molar-refractivity contribution is 8.15. The molecule has 1 aromatic carbocycles. The lowest BCUT2D eigenvalue weighted by atomic mass is 10.1. The molecule has 26 heavy (non-hydrogen) atoms. The van der Waals surface area contributed by atoms with Gasteiger partial charge in [-0.05, 0) is 42.2 Å². The summed E-state index contributed by atoms with van der Waals surface area (Å²) in [6.45, 7) is 2.13. The molecule has 2 amide bonds. The van der Waals surface area contributed by atoms with E-state index in [9.17, 15) is 14.7 Å². The maximum atomic E-state index is 11.6. The van der Waals surface area contributed by atoms with Gasteiger partial charge in [0.25, 0.3) is 5.24 Å². The zero-order chi connectivity index (χ0) is 18.5. The van der Waals surface area contributed by atoms with Crippen LogP contribution < -0.4 is 10.1 Å². The molecule has 0 radical (unpaired) electrons. The van der Waals surface area contributed by atoms with Gasteiger partial charge in [-0.15, -0.1) is 0 Å². The summed E-state index contributed by atoms with van der Waals surface area (Å²) in [4.78, 5) is 27.1. The molecule has 1 saturated heterocycles. The Kier molecular flexibility index (Phi) is 5.90. The second kappa shape index (κ2) is 8.33. The lowest BCUT2D eigenvalue weighted by molar-refractivity contribution is -0.118. The highest BCUT2D eigenvalue weighted by Crippen LogP contribution is 2.24. The van der Waals surface area contributed by atoms with Crippen molar-refractivity contribution < 1.29 is 19.4 Å². The van der Waals surface area contributed by atoms with Crippen molar-refractivity contribution in [2.45, 2.75) is 31.1 Å². The molecular formula is C19H20N2O4S. The number of nitrogens with zero attached hydrogens (tertiary/aromatic N) is 1. The Morgan fingerprint density at radius 2 is 2.04 bits per heavy atom. The summed E-state index contributed by atoms with van der Waals surface area (Å²) in [6, 6.07) is 11.1. The first kappa shape index (κ1) is 18.4. The Hall–Kier alpha value is -2.38. The predicted molar refractivity (Wildman–Crippen MR) is 99.1 cm³/mol. The Balaban J connectivity index is 1.56. The first-order valence-electron chi connectivity index (χ1n) is 8.42. The monoisotopic (exact) mass is 372 g/mol. The SMILES string of the molecule is CCc1cccnc1C(O)COc1ccc(CC2SC(=O)NC2=O)cc1. The molecule has 1 aliphatic heterocycles. The zero-order valence-electron chi connectivity index (χ0n) is 14.3. The van der Waals surface area contributed by atoms with Crippen molar-refractivity contribution in [3.05, 3.63) is 59.4 Å². The molecule has 1 aliphatic rings. The van der Waals surface area contributed by atoms with Gasteiger partial charge < -0.3 is 9.84 Å². The van der Waals surface area contributed by atoms with Crippen molar-refractivity contribution in [1.29, 1.82) is 0 Å². The van der Waals surface area contributed by atoms with Crippen molar-refractivity contribution in [1.82, 2.24) is 10.3 Å². The molecule has 2 atom stereocenters. The molecule has 2 heterocycles. The summed E-state index contributed by atoms with van der Waals surface area (Å²) in [5.41, 5.74) is 2.58. The van der Waals surface area contributed by atoms with E-state index < -0.39 is 6.10 Å². The molecule has 1 aromatic heterocycles. The highest BCUT2D eigenvalue weighted by atomic mass is 32.2. The summed E-state index contributed by atoms with van der Waals surface area (Å²) in [5, 5.41) is 11.9. The van der Waals surface area contributed by atoms with Gasteiger partial charge in [0, 0.05) is 6.20 Å². The lowest BCUT2D eigenvalue weighted by Gasteiger charge is -2.15. The highest BCUT2D eigenvalue weighted by Gasteiger charge is 2.31. The van der Waals surface area contributed by atoms with Crippen LogP contribution in [0.1, 0.15) is 29.8 Å². The van der Waals surface area contributed by atoms with Crippen LogP contribution in [0.5, 0.6) is 5.75 Å². The van der Waals surface area contributed by atoms with Gasteiger partial charge in [-0.3, -0.25) is 19.9 Å². The third kappa shape index (κ3) is 4.42. The number of pyridine rings is 1. The number of hydrogen-bond donors (Lipinski definition) is 2. The third-order valence-corrected chi connectivity index (χ3v) is 5.12. The summed E-state index contributed by atoms with van der Waals surface area (Å²) < 4.78 is 5.66. The predicted octanol–water partition coefficient (Wildman–Crippen LogP) is 2.65. The van der Waals surface area contributed by atoms with Gasteiger partial charge in [-0.25, -0.2) is 0 Å². The average molecular weight is 372 g/mol. The molecule has 0 aliphatic carbocycles. The number of imide groups is 1. The van der Waals surface area contributed by atoms with Crippen LogP contribution in [0.4, 0.5) is 4.79 Å². The number of ether oxygens (including phenoxy) is 1. The van der Waals surface area contributed by atoms with Gasteiger partial charge in [0.2, 0.25) is 5.91 Å². The van der Waals surface area contributed by atoms with Gasteiger partial charge in [0.05, 0.1) is 10.9 Å². The standard InChI is InChI=1S/C19H20N2O4S/c1-2-13-4-3-9-20-17(13)15(22)11-25-14-7-5-12(6-8-14)10-16-18(23)21-19(24)26-16/h3-9,15-16,22H,2,10-11H2,1H3,(H,21,23,24). The second-order valence-corrected chi connectivity index (χ2v) is 7.13. The molecule has 136 valence electrons. The number of amides is 2. The van der Waals surface area contributed by atoms with E-state index in [0.717, 1.165) is 29.3 Å². The fourth-order valence-electron chi connectivity index (χ4n) is 2.77. The van der Waals surface area contributed by atoms with Crippen molar-refractivity contribution in [3.63, 3.8) is 0 Å². The largest absolute Gasteiger partial charge is 0.490 e. The van der Waals surface area contributed by atoms with Crippen molar-refractivity contribution >= 4 is 22.9 Å². The van der Waals surface area contributed by atoms with E-state index in [1.165, 1.54) is 0 Å². The van der Waals surface area contributed by atoms with Crippen LogP contribution in [-0.2, 0) is 17.6 Å². The number of aliphatic hydroxyl groups excluding tert-OH is 1. The first-order valence-corrected chi connectivity index (χ1v) is 9.30. The number of aromatic nitrogens is 1. The maximum absolute atomic E-state index is 11.6. The van der Waals surface area contributed by atoms with Crippen molar-refractivity contribution in [3.8, 4) is 5.75 Å². The number of thioether (sulfide) groups is 1. The summed E-state index contributed by atoms with van der Waals surface area (Å²) in [7, 11) is 0. The lowest BCUT2D eigenvalue weighted by Crippen LogP contribution is -2.25. The van der Waals surface area contributed by atoms with Crippen molar-refractivity contribution in [2.24, 2.45) is 0 Å². The van der Waals surface area contributed by atoms with E-state index in [4.69, 9.17) is 4.74 Å². The van der Waals surface area contributed by atoms with Gasteiger partial charge in [-0.1, -0.05) is 36.9 Å². The van der Waals surface area contributed by atoms with E-state index in [0.29, 0.717) is 17.9 Å².